The van der Waals surface area contributed by atoms with Gasteiger partial charge in [0, 0.05) is 48.2 Å². The Labute approximate surface area is 212 Å². The minimum Gasteiger partial charge on any atom is -0.485 e. The predicted molar refractivity (Wildman–Crippen MR) is 140 cm³/mol. The second kappa shape index (κ2) is 11.8. The van der Waals surface area contributed by atoms with Gasteiger partial charge in [-0.05, 0) is 49.5 Å². The summed E-state index contributed by atoms with van der Waals surface area (Å²) in [5, 5.41) is 22.1. The monoisotopic (exact) mass is 487 g/mol. The highest BCUT2D eigenvalue weighted by Gasteiger charge is 2.23. The van der Waals surface area contributed by atoms with E-state index in [0.29, 0.717) is 48.3 Å². The second-order valence-corrected chi connectivity index (χ2v) is 9.38. The summed E-state index contributed by atoms with van der Waals surface area (Å²) in [5.74, 6) is 8.72. The lowest BCUT2D eigenvalue weighted by Gasteiger charge is -2.29. The highest BCUT2D eigenvalue weighted by molar-refractivity contribution is 6.10. The van der Waals surface area contributed by atoms with Crippen molar-refractivity contribution in [1.29, 1.82) is 10.7 Å². The first-order valence-electron chi connectivity index (χ1n) is 12.2. The molecule has 0 radical (unpaired) electrons. The van der Waals surface area contributed by atoms with Crippen molar-refractivity contribution < 1.29 is 9.47 Å². The molecule has 9 nitrogen and oxygen atoms in total. The molecular weight excluding hydrogens is 454 g/mol. The summed E-state index contributed by atoms with van der Waals surface area (Å²) >= 11 is 0. The molecule has 9 heteroatoms. The standard InChI is InChI=1S/C27H33N7O2/c1-18(24-5-3-4-6-26(24)36-23-15-35-16-23)14-34(30)19(2)9-25(33-17-29)22-10-21(11-28)27(32-13-22)31-12-20-7-8-20/h3-6,9-11,13,18,20,23,28H,7-8,12,14-16,30H2,1-2H3,(H,31,32)/b19-9+,28-11?,33-25?. The molecule has 1 aliphatic carbocycles. The fraction of sp³-hybridized carbons (Fsp3) is 0.407. The molecule has 0 bridgehead atoms. The first-order chi connectivity index (χ1) is 17.5. The number of nitrogens with zero attached hydrogens (tertiary/aromatic N) is 4. The number of benzene rings is 1. The van der Waals surface area contributed by atoms with Gasteiger partial charge in [-0.25, -0.2) is 10.8 Å². The van der Waals surface area contributed by atoms with Gasteiger partial charge in [0.15, 0.2) is 0 Å². The van der Waals surface area contributed by atoms with E-state index in [2.05, 4.69) is 28.3 Å². The molecule has 1 aromatic carbocycles. The van der Waals surface area contributed by atoms with Gasteiger partial charge in [0.1, 0.15) is 17.7 Å². The number of hydrogen-bond acceptors (Lipinski definition) is 9. The number of para-hydroxylation sites is 1. The molecule has 188 valence electrons. The molecule has 2 fully saturated rings. The molecule has 1 aromatic heterocycles. The number of aromatic nitrogens is 1. The van der Waals surface area contributed by atoms with Crippen LogP contribution < -0.4 is 15.9 Å². The molecule has 0 spiro atoms. The third-order valence-electron chi connectivity index (χ3n) is 6.41. The lowest BCUT2D eigenvalue weighted by molar-refractivity contribution is -0.0801. The quantitative estimate of drug-likeness (QED) is 0.179. The summed E-state index contributed by atoms with van der Waals surface area (Å²) in [7, 11) is 0. The van der Waals surface area contributed by atoms with Gasteiger partial charge in [0.05, 0.1) is 18.9 Å². The van der Waals surface area contributed by atoms with Crippen molar-refractivity contribution in [2.75, 3.05) is 31.6 Å². The van der Waals surface area contributed by atoms with Crippen LogP contribution in [0.25, 0.3) is 0 Å². The number of pyridine rings is 1. The number of ether oxygens (including phenoxy) is 2. The zero-order valence-corrected chi connectivity index (χ0v) is 20.8. The second-order valence-electron chi connectivity index (χ2n) is 9.38. The fourth-order valence-electron chi connectivity index (χ4n) is 3.95. The Morgan fingerprint density at radius 3 is 2.86 bits per heavy atom. The van der Waals surface area contributed by atoms with Gasteiger partial charge in [0.25, 0.3) is 0 Å². The van der Waals surface area contributed by atoms with E-state index in [1.54, 1.807) is 17.3 Å². The molecule has 4 rings (SSSR count). The number of allylic oxidation sites excluding steroid dienone is 2. The van der Waals surface area contributed by atoms with E-state index in [4.69, 9.17) is 20.7 Å². The topological polar surface area (TPSA) is 133 Å². The maximum absolute atomic E-state index is 9.29. The smallest absolute Gasteiger partial charge is 0.206 e. The van der Waals surface area contributed by atoms with Crippen LogP contribution in [0, 0.1) is 22.8 Å². The molecule has 1 saturated heterocycles. The van der Waals surface area contributed by atoms with Crippen LogP contribution >= 0.6 is 0 Å². The van der Waals surface area contributed by atoms with Crippen molar-refractivity contribution in [3.8, 4) is 11.9 Å². The van der Waals surface area contributed by atoms with E-state index in [-0.39, 0.29) is 12.0 Å². The van der Waals surface area contributed by atoms with E-state index in [1.165, 1.54) is 19.1 Å². The number of nitriles is 1. The maximum atomic E-state index is 9.29. The molecule has 2 heterocycles. The van der Waals surface area contributed by atoms with Crippen molar-refractivity contribution in [2.24, 2.45) is 16.8 Å². The van der Waals surface area contributed by atoms with Gasteiger partial charge < -0.3 is 25.2 Å². The van der Waals surface area contributed by atoms with Crippen molar-refractivity contribution in [2.45, 2.75) is 38.7 Å². The first-order valence-corrected chi connectivity index (χ1v) is 12.2. The number of nitrogens with one attached hydrogen (secondary N) is 2. The first kappa shape index (κ1) is 25.4. The van der Waals surface area contributed by atoms with E-state index in [9.17, 15) is 5.26 Å². The summed E-state index contributed by atoms with van der Waals surface area (Å²) in [6.07, 6.45) is 9.13. The molecule has 1 saturated carbocycles. The van der Waals surface area contributed by atoms with Crippen LogP contribution in [-0.2, 0) is 4.74 Å². The van der Waals surface area contributed by atoms with Crippen LogP contribution in [0.5, 0.6) is 5.75 Å². The zero-order chi connectivity index (χ0) is 25.5. The molecule has 1 aliphatic heterocycles. The molecule has 2 aromatic rings. The number of nitrogens with two attached hydrogens (primary N) is 1. The predicted octanol–water partition coefficient (Wildman–Crippen LogP) is 3.83. The Hall–Kier alpha value is -3.74. The van der Waals surface area contributed by atoms with E-state index in [1.807, 2.05) is 37.4 Å². The summed E-state index contributed by atoms with van der Waals surface area (Å²) in [4.78, 5) is 8.49. The van der Waals surface area contributed by atoms with Crippen LogP contribution in [-0.4, -0.2) is 54.3 Å². The van der Waals surface area contributed by atoms with Crippen molar-refractivity contribution >= 4 is 17.7 Å². The van der Waals surface area contributed by atoms with Gasteiger partial charge in [0.2, 0.25) is 6.19 Å². The van der Waals surface area contributed by atoms with Gasteiger partial charge in [-0.15, -0.1) is 0 Å². The Morgan fingerprint density at radius 2 is 2.19 bits per heavy atom. The SMILES string of the molecule is C/C(=C\C(=NC#N)c1cnc(NCC2CC2)c(C=N)c1)N(N)CC(C)c1ccccc1OC1COC1. The lowest BCUT2D eigenvalue weighted by atomic mass is 9.99. The molecule has 0 amide bonds. The van der Waals surface area contributed by atoms with Gasteiger partial charge in [-0.2, -0.15) is 10.3 Å². The summed E-state index contributed by atoms with van der Waals surface area (Å²) in [6.45, 7) is 6.60. The van der Waals surface area contributed by atoms with E-state index >= 15 is 0 Å². The number of rotatable bonds is 12. The van der Waals surface area contributed by atoms with Gasteiger partial charge >= 0.3 is 0 Å². The highest BCUT2D eigenvalue weighted by atomic mass is 16.6. The molecule has 2 aliphatic rings. The van der Waals surface area contributed by atoms with Crippen LogP contribution in [0.1, 0.15) is 49.3 Å². The third-order valence-corrected chi connectivity index (χ3v) is 6.41. The molecule has 4 N–H and O–H groups in total. The summed E-state index contributed by atoms with van der Waals surface area (Å²) in [6, 6.07) is 9.80. The Bertz CT molecular complexity index is 1180. The normalized spacial score (nSPS) is 17.1. The van der Waals surface area contributed by atoms with Gasteiger partial charge in [-0.1, -0.05) is 25.1 Å². The van der Waals surface area contributed by atoms with Crippen LogP contribution in [0.15, 0.2) is 53.3 Å². The van der Waals surface area contributed by atoms with E-state index < -0.39 is 0 Å². The minimum absolute atomic E-state index is 0.0912. The largest absolute Gasteiger partial charge is 0.485 e. The fourth-order valence-corrected chi connectivity index (χ4v) is 3.95. The van der Waals surface area contributed by atoms with E-state index in [0.717, 1.165) is 23.6 Å². The Balaban J connectivity index is 1.47. The van der Waals surface area contributed by atoms with Crippen LogP contribution in [0.4, 0.5) is 5.82 Å². The number of aliphatic imine (C=N–C) groups is 1. The minimum atomic E-state index is 0.0912. The van der Waals surface area contributed by atoms with Crippen molar-refractivity contribution in [1.82, 2.24) is 9.99 Å². The van der Waals surface area contributed by atoms with Gasteiger partial charge in [-0.3, -0.25) is 0 Å². The third kappa shape index (κ3) is 6.47. The molecule has 1 unspecified atom stereocenters. The maximum Gasteiger partial charge on any atom is 0.206 e. The van der Waals surface area contributed by atoms with Crippen LogP contribution in [0.3, 0.4) is 0 Å². The average Bonchev–Trinajstić information content (AvgIpc) is 3.69. The van der Waals surface area contributed by atoms with Crippen LogP contribution in [0.2, 0.25) is 0 Å². The molecular formula is C27H33N7O2. The van der Waals surface area contributed by atoms with Crippen molar-refractivity contribution in [3.05, 3.63) is 65.0 Å². The number of hydrazine groups is 1. The number of anilines is 1. The molecule has 1 atom stereocenters. The molecule has 36 heavy (non-hydrogen) atoms. The van der Waals surface area contributed by atoms with Crippen molar-refractivity contribution in [3.63, 3.8) is 0 Å². The highest BCUT2D eigenvalue weighted by Crippen LogP contribution is 2.30. The average molecular weight is 488 g/mol. The Kier molecular flexibility index (Phi) is 8.31. The summed E-state index contributed by atoms with van der Waals surface area (Å²) in [5.41, 5.74) is 3.56. The number of hydrogen-bond donors (Lipinski definition) is 3. The Morgan fingerprint density at radius 1 is 1.42 bits per heavy atom. The summed E-state index contributed by atoms with van der Waals surface area (Å²) < 4.78 is 11.3. The lowest BCUT2D eigenvalue weighted by Crippen LogP contribution is -2.39. The zero-order valence-electron chi connectivity index (χ0n) is 20.8.